The van der Waals surface area contributed by atoms with Crippen LogP contribution in [0.25, 0.3) is 0 Å². The molecule has 2 aromatic carbocycles. The lowest BCUT2D eigenvalue weighted by Crippen LogP contribution is -2.62. The number of rotatable bonds is 5. The molecule has 0 bridgehead atoms. The number of benzene rings is 2. The molecule has 0 aliphatic carbocycles. The van der Waals surface area contributed by atoms with E-state index in [-0.39, 0.29) is 17.9 Å². The quantitative estimate of drug-likeness (QED) is 0.520. The van der Waals surface area contributed by atoms with Crippen LogP contribution in [-0.4, -0.2) is 34.7 Å². The van der Waals surface area contributed by atoms with Gasteiger partial charge in [0.2, 0.25) is 0 Å². The zero-order valence-corrected chi connectivity index (χ0v) is 17.5. The predicted molar refractivity (Wildman–Crippen MR) is 114 cm³/mol. The van der Waals surface area contributed by atoms with Crippen LogP contribution in [0.3, 0.4) is 0 Å². The fourth-order valence-electron chi connectivity index (χ4n) is 3.81. The highest BCUT2D eigenvalue weighted by atomic mass is 19.4. The molecule has 12 heteroatoms. The summed E-state index contributed by atoms with van der Waals surface area (Å²) < 4.78 is 49.3. The molecule has 0 radical (unpaired) electrons. The van der Waals surface area contributed by atoms with E-state index in [4.69, 9.17) is 4.74 Å². The number of hydrogen-bond donors (Lipinski definition) is 3. The van der Waals surface area contributed by atoms with Gasteiger partial charge in [-0.2, -0.15) is 13.2 Å². The largest absolute Gasteiger partial charge is 0.496 e. The van der Waals surface area contributed by atoms with Crippen LogP contribution >= 0.6 is 0 Å². The van der Waals surface area contributed by atoms with Gasteiger partial charge in [0.15, 0.2) is 0 Å². The molecule has 2 amide bonds. The Morgan fingerprint density at radius 2 is 1.71 bits per heavy atom. The number of aromatic nitrogens is 2. The van der Waals surface area contributed by atoms with Crippen molar-refractivity contribution in [3.63, 3.8) is 0 Å². The number of nitrogens with zero attached hydrogens (tertiary/aromatic N) is 1. The Bertz CT molecular complexity index is 1400. The highest BCUT2D eigenvalue weighted by Crippen LogP contribution is 2.45. The van der Waals surface area contributed by atoms with Crippen molar-refractivity contribution in [2.24, 2.45) is 0 Å². The molecule has 0 saturated heterocycles. The van der Waals surface area contributed by atoms with Gasteiger partial charge in [-0.15, -0.1) is 0 Å². The smallest absolute Gasteiger partial charge is 0.425 e. The minimum Gasteiger partial charge on any atom is -0.496 e. The lowest BCUT2D eigenvalue weighted by Gasteiger charge is -2.30. The zero-order chi connectivity index (χ0) is 24.7. The summed E-state index contributed by atoms with van der Waals surface area (Å²) in [7, 11) is 1.22. The van der Waals surface area contributed by atoms with Gasteiger partial charge in [-0.05, 0) is 17.7 Å². The molecule has 1 aliphatic heterocycles. The summed E-state index contributed by atoms with van der Waals surface area (Å²) in [4.78, 5) is 52.7. The molecular formula is C22H17F3N4O5. The van der Waals surface area contributed by atoms with Crippen LogP contribution in [0.15, 0.2) is 64.2 Å². The second-order valence-electron chi connectivity index (χ2n) is 7.41. The third-order valence-electron chi connectivity index (χ3n) is 5.41. The Labute approximate surface area is 189 Å². The molecule has 1 unspecified atom stereocenters. The van der Waals surface area contributed by atoms with E-state index in [1.807, 2.05) is 10.3 Å². The molecule has 1 aromatic heterocycles. The van der Waals surface area contributed by atoms with Crippen molar-refractivity contribution in [1.29, 1.82) is 0 Å². The number of alkyl halides is 3. The number of nitrogens with one attached hydrogen (secondary N) is 3. The van der Waals surface area contributed by atoms with E-state index in [1.165, 1.54) is 31.4 Å². The first-order chi connectivity index (χ1) is 16.1. The average Bonchev–Trinajstić information content (AvgIpc) is 3.10. The van der Waals surface area contributed by atoms with E-state index in [2.05, 4.69) is 0 Å². The Kier molecular flexibility index (Phi) is 5.51. The first-order valence-electron chi connectivity index (χ1n) is 9.85. The normalized spacial score (nSPS) is 17.1. The molecule has 0 fully saturated rings. The molecule has 3 N–H and O–H groups in total. The number of halogens is 3. The van der Waals surface area contributed by atoms with Crippen molar-refractivity contribution in [3.05, 3.63) is 92.1 Å². The number of ether oxygens (including phenoxy) is 1. The molecule has 3 aromatic rings. The average molecular weight is 474 g/mol. The summed E-state index contributed by atoms with van der Waals surface area (Å²) in [5.41, 5.74) is -7.13. The summed E-state index contributed by atoms with van der Waals surface area (Å²) in [6.07, 6.45) is -5.44. The van der Waals surface area contributed by atoms with Gasteiger partial charge in [-0.1, -0.05) is 42.5 Å². The van der Waals surface area contributed by atoms with Gasteiger partial charge in [0.1, 0.15) is 17.1 Å². The number of H-pyrrole nitrogens is 1. The molecule has 0 spiro atoms. The summed E-state index contributed by atoms with van der Waals surface area (Å²) in [5, 5.41) is 3.68. The van der Waals surface area contributed by atoms with E-state index in [0.717, 1.165) is 4.57 Å². The number of aromatic amines is 1. The van der Waals surface area contributed by atoms with Crippen LogP contribution in [0, 0.1) is 0 Å². The Hall–Kier alpha value is -4.35. The highest BCUT2D eigenvalue weighted by molar-refractivity contribution is 6.09. The Morgan fingerprint density at radius 1 is 1.06 bits per heavy atom. The standard InChI is InChI=1S/C22H17F3N4O5/c1-34-14-10-6-5-9-13(14)17(30)28-21(22(23,24)25)15-16(26-19(21)32)29(20(33)27-18(15)31)11-12-7-3-2-4-8-12/h2-10H,11H2,1H3,(H,26,32)(H,28,30)(H,27,31,33). The lowest BCUT2D eigenvalue weighted by atomic mass is 9.91. The molecule has 1 atom stereocenters. The number of fused-ring (bicyclic) bond motifs is 1. The van der Waals surface area contributed by atoms with Crippen molar-refractivity contribution < 1.29 is 27.5 Å². The molecule has 9 nitrogen and oxygen atoms in total. The molecule has 4 rings (SSSR count). The van der Waals surface area contributed by atoms with Gasteiger partial charge in [0.25, 0.3) is 22.9 Å². The van der Waals surface area contributed by atoms with Gasteiger partial charge < -0.3 is 15.4 Å². The SMILES string of the molecule is COc1ccccc1C(=O)NC1(C(F)(F)F)C(=O)Nc2c1c(=O)[nH]c(=O)n2Cc1ccccc1. The minimum absolute atomic E-state index is 0.0427. The van der Waals surface area contributed by atoms with Crippen LogP contribution in [0.5, 0.6) is 5.75 Å². The first-order valence-corrected chi connectivity index (χ1v) is 9.85. The van der Waals surface area contributed by atoms with E-state index >= 15 is 0 Å². The molecule has 2 heterocycles. The Morgan fingerprint density at radius 3 is 2.35 bits per heavy atom. The lowest BCUT2D eigenvalue weighted by molar-refractivity contribution is -0.196. The maximum atomic E-state index is 14.5. The number of amides is 2. The van der Waals surface area contributed by atoms with Crippen LogP contribution in [-0.2, 0) is 16.9 Å². The number of carbonyl (C=O) groups excluding carboxylic acids is 2. The van der Waals surface area contributed by atoms with Crippen molar-refractivity contribution in [2.75, 3.05) is 12.4 Å². The van der Waals surface area contributed by atoms with Crippen molar-refractivity contribution >= 4 is 17.6 Å². The molecular weight excluding hydrogens is 457 g/mol. The monoisotopic (exact) mass is 474 g/mol. The molecule has 176 valence electrons. The number of hydrogen-bond acceptors (Lipinski definition) is 5. The minimum atomic E-state index is -5.44. The van der Waals surface area contributed by atoms with Gasteiger partial charge in [-0.25, -0.2) is 4.79 Å². The fraction of sp³-hybridized carbons (Fsp3) is 0.182. The maximum Gasteiger partial charge on any atom is 0.425 e. The second-order valence-corrected chi connectivity index (χ2v) is 7.41. The number of para-hydroxylation sites is 1. The number of anilines is 1. The van der Waals surface area contributed by atoms with E-state index in [0.29, 0.717) is 5.56 Å². The third kappa shape index (κ3) is 3.52. The topological polar surface area (TPSA) is 122 Å². The summed E-state index contributed by atoms with van der Waals surface area (Å²) in [6, 6.07) is 13.7. The number of methoxy groups -OCH3 is 1. The van der Waals surface area contributed by atoms with Crippen molar-refractivity contribution in [1.82, 2.24) is 14.9 Å². The van der Waals surface area contributed by atoms with Crippen molar-refractivity contribution in [2.45, 2.75) is 18.3 Å². The van der Waals surface area contributed by atoms with Gasteiger partial charge >= 0.3 is 11.9 Å². The van der Waals surface area contributed by atoms with E-state index < -0.39 is 46.2 Å². The maximum absolute atomic E-state index is 14.5. The molecule has 0 saturated carbocycles. The summed E-state index contributed by atoms with van der Waals surface area (Å²) in [6.45, 7) is -0.243. The predicted octanol–water partition coefficient (Wildman–Crippen LogP) is 1.73. The van der Waals surface area contributed by atoms with Gasteiger partial charge in [-0.3, -0.25) is 23.9 Å². The van der Waals surface area contributed by atoms with E-state index in [9.17, 15) is 32.3 Å². The van der Waals surface area contributed by atoms with E-state index in [1.54, 1.807) is 35.6 Å². The summed E-state index contributed by atoms with van der Waals surface area (Å²) in [5.74, 6) is -3.73. The highest BCUT2D eigenvalue weighted by Gasteiger charge is 2.68. The van der Waals surface area contributed by atoms with Crippen LogP contribution in [0.4, 0.5) is 19.0 Å². The Balaban J connectivity index is 1.91. The summed E-state index contributed by atoms with van der Waals surface area (Å²) >= 11 is 0. The van der Waals surface area contributed by atoms with Crippen LogP contribution in [0.2, 0.25) is 0 Å². The number of carbonyl (C=O) groups is 2. The van der Waals surface area contributed by atoms with Crippen molar-refractivity contribution in [3.8, 4) is 5.75 Å². The third-order valence-corrected chi connectivity index (χ3v) is 5.41. The fourth-order valence-corrected chi connectivity index (χ4v) is 3.81. The van der Waals surface area contributed by atoms with Gasteiger partial charge in [0, 0.05) is 0 Å². The molecule has 34 heavy (non-hydrogen) atoms. The first kappa shape index (κ1) is 22.8. The van der Waals surface area contributed by atoms with Crippen LogP contribution in [0.1, 0.15) is 21.5 Å². The zero-order valence-electron chi connectivity index (χ0n) is 17.5. The second kappa shape index (κ2) is 8.21. The van der Waals surface area contributed by atoms with Gasteiger partial charge in [0.05, 0.1) is 19.2 Å². The molecule has 1 aliphatic rings. The van der Waals surface area contributed by atoms with Crippen LogP contribution < -0.4 is 26.6 Å².